The molecule has 3 heteroatoms. The van der Waals surface area contributed by atoms with E-state index in [4.69, 9.17) is 14.7 Å². The largest absolute Gasteiger partial charge is 0.493 e. The molecule has 3 aromatic carbocycles. The van der Waals surface area contributed by atoms with Crippen molar-refractivity contribution >= 4 is 10.8 Å². The van der Waals surface area contributed by atoms with E-state index in [1.165, 1.54) is 10.8 Å². The third kappa shape index (κ3) is 2.87. The van der Waals surface area contributed by atoms with Crippen LogP contribution in [0.3, 0.4) is 0 Å². The Hall–Kier alpha value is -2.99. The summed E-state index contributed by atoms with van der Waals surface area (Å²) in [7, 11) is 1.57. The first-order chi connectivity index (χ1) is 10.8. The van der Waals surface area contributed by atoms with Crippen LogP contribution in [-0.2, 0) is 6.61 Å². The highest BCUT2D eigenvalue weighted by Crippen LogP contribution is 2.28. The summed E-state index contributed by atoms with van der Waals surface area (Å²) in [6.07, 6.45) is 0. The Labute approximate surface area is 129 Å². The van der Waals surface area contributed by atoms with E-state index in [1.54, 1.807) is 25.3 Å². The van der Waals surface area contributed by atoms with Crippen molar-refractivity contribution in [2.75, 3.05) is 7.11 Å². The topological polar surface area (TPSA) is 42.2 Å². The van der Waals surface area contributed by atoms with Crippen LogP contribution in [0.4, 0.5) is 0 Å². The van der Waals surface area contributed by atoms with Crippen LogP contribution in [0.5, 0.6) is 11.5 Å². The van der Waals surface area contributed by atoms with E-state index in [-0.39, 0.29) is 0 Å². The molecule has 3 nitrogen and oxygen atoms in total. The first-order valence-corrected chi connectivity index (χ1v) is 6.99. The van der Waals surface area contributed by atoms with Crippen LogP contribution in [0.1, 0.15) is 11.1 Å². The number of rotatable bonds is 4. The molecule has 0 bridgehead atoms. The van der Waals surface area contributed by atoms with Crippen molar-refractivity contribution < 1.29 is 9.47 Å². The molecule has 0 unspecified atom stereocenters. The fourth-order valence-corrected chi connectivity index (χ4v) is 2.35. The molecule has 3 rings (SSSR count). The zero-order valence-corrected chi connectivity index (χ0v) is 12.2. The van der Waals surface area contributed by atoms with Gasteiger partial charge in [0.25, 0.3) is 0 Å². The lowest BCUT2D eigenvalue weighted by Crippen LogP contribution is -1.98. The molecule has 0 saturated carbocycles. The molecule has 0 aliphatic rings. The van der Waals surface area contributed by atoms with Gasteiger partial charge in [-0.05, 0) is 34.5 Å². The Balaban J connectivity index is 1.80. The second kappa shape index (κ2) is 6.19. The highest BCUT2D eigenvalue weighted by atomic mass is 16.5. The van der Waals surface area contributed by atoms with E-state index in [2.05, 4.69) is 36.4 Å². The molecule has 3 aromatic rings. The Bertz CT molecular complexity index is 849. The van der Waals surface area contributed by atoms with Gasteiger partial charge in [0.1, 0.15) is 6.61 Å². The molecule has 0 N–H and O–H groups in total. The maximum Gasteiger partial charge on any atom is 0.162 e. The van der Waals surface area contributed by atoms with Crippen molar-refractivity contribution in [3.05, 3.63) is 71.8 Å². The summed E-state index contributed by atoms with van der Waals surface area (Å²) in [6, 6.07) is 21.7. The first kappa shape index (κ1) is 14.0. The van der Waals surface area contributed by atoms with Gasteiger partial charge in [0.15, 0.2) is 11.5 Å². The highest BCUT2D eigenvalue weighted by molar-refractivity contribution is 5.82. The van der Waals surface area contributed by atoms with Crippen LogP contribution in [0.25, 0.3) is 10.8 Å². The van der Waals surface area contributed by atoms with Crippen LogP contribution in [0, 0.1) is 11.3 Å². The van der Waals surface area contributed by atoms with Gasteiger partial charge in [-0.2, -0.15) is 5.26 Å². The van der Waals surface area contributed by atoms with E-state index in [9.17, 15) is 0 Å². The van der Waals surface area contributed by atoms with E-state index >= 15 is 0 Å². The molecule has 108 valence electrons. The summed E-state index contributed by atoms with van der Waals surface area (Å²) in [6.45, 7) is 0.451. The molecule has 0 heterocycles. The van der Waals surface area contributed by atoms with Crippen molar-refractivity contribution in [2.24, 2.45) is 0 Å². The van der Waals surface area contributed by atoms with Gasteiger partial charge < -0.3 is 9.47 Å². The minimum atomic E-state index is 0.451. The van der Waals surface area contributed by atoms with Gasteiger partial charge in [-0.3, -0.25) is 0 Å². The number of fused-ring (bicyclic) bond motifs is 1. The zero-order chi connectivity index (χ0) is 15.4. The minimum absolute atomic E-state index is 0.451. The molecule has 0 amide bonds. The standard InChI is InChI=1S/C19H15NO2/c1-21-19-11-14(12-20)7-9-18(19)22-13-15-6-8-16-4-2-3-5-17(16)10-15/h2-11H,13H2,1H3. The molecule has 22 heavy (non-hydrogen) atoms. The number of hydrogen-bond donors (Lipinski definition) is 0. The minimum Gasteiger partial charge on any atom is -0.493 e. The van der Waals surface area contributed by atoms with E-state index in [0.29, 0.717) is 23.7 Å². The summed E-state index contributed by atoms with van der Waals surface area (Å²) >= 11 is 0. The first-order valence-electron chi connectivity index (χ1n) is 6.99. The van der Waals surface area contributed by atoms with Gasteiger partial charge >= 0.3 is 0 Å². The summed E-state index contributed by atoms with van der Waals surface area (Å²) in [5, 5.41) is 11.3. The molecule has 0 atom stereocenters. The summed E-state index contributed by atoms with van der Waals surface area (Å²) in [4.78, 5) is 0. The van der Waals surface area contributed by atoms with Crippen LogP contribution < -0.4 is 9.47 Å². The van der Waals surface area contributed by atoms with E-state index in [0.717, 1.165) is 5.56 Å². The summed E-state index contributed by atoms with van der Waals surface area (Å²) in [5.74, 6) is 1.20. The Morgan fingerprint density at radius 3 is 2.50 bits per heavy atom. The Morgan fingerprint density at radius 2 is 1.73 bits per heavy atom. The van der Waals surface area contributed by atoms with Crippen molar-refractivity contribution in [3.8, 4) is 17.6 Å². The molecule has 0 saturated heterocycles. The maximum absolute atomic E-state index is 8.91. The Kier molecular flexibility index (Phi) is 3.93. The van der Waals surface area contributed by atoms with Crippen molar-refractivity contribution in [1.82, 2.24) is 0 Å². The van der Waals surface area contributed by atoms with Crippen molar-refractivity contribution in [2.45, 2.75) is 6.61 Å². The molecular formula is C19H15NO2. The number of nitrogens with zero attached hydrogens (tertiary/aromatic N) is 1. The second-order valence-electron chi connectivity index (χ2n) is 4.95. The number of methoxy groups -OCH3 is 1. The highest BCUT2D eigenvalue weighted by Gasteiger charge is 2.06. The van der Waals surface area contributed by atoms with Gasteiger partial charge in [0.2, 0.25) is 0 Å². The molecule has 0 aliphatic carbocycles. The SMILES string of the molecule is COc1cc(C#N)ccc1OCc1ccc2ccccc2c1. The fourth-order valence-electron chi connectivity index (χ4n) is 2.35. The lowest BCUT2D eigenvalue weighted by molar-refractivity contribution is 0.284. The average Bonchev–Trinajstić information content (AvgIpc) is 2.59. The van der Waals surface area contributed by atoms with Crippen LogP contribution >= 0.6 is 0 Å². The quantitative estimate of drug-likeness (QED) is 0.719. The fraction of sp³-hybridized carbons (Fsp3) is 0.105. The van der Waals surface area contributed by atoms with Gasteiger partial charge in [0.05, 0.1) is 18.7 Å². The number of nitriles is 1. The molecule has 0 aliphatic heterocycles. The van der Waals surface area contributed by atoms with Crippen LogP contribution in [-0.4, -0.2) is 7.11 Å². The average molecular weight is 289 g/mol. The lowest BCUT2D eigenvalue weighted by Gasteiger charge is -2.11. The Morgan fingerprint density at radius 1 is 0.909 bits per heavy atom. The predicted octanol–water partition coefficient (Wildman–Crippen LogP) is 4.30. The third-order valence-electron chi connectivity index (χ3n) is 3.50. The summed E-state index contributed by atoms with van der Waals surface area (Å²) in [5.41, 5.74) is 1.64. The van der Waals surface area contributed by atoms with Gasteiger partial charge in [0, 0.05) is 6.07 Å². The molecular weight excluding hydrogens is 274 g/mol. The van der Waals surface area contributed by atoms with Crippen molar-refractivity contribution in [1.29, 1.82) is 5.26 Å². The lowest BCUT2D eigenvalue weighted by atomic mass is 10.1. The maximum atomic E-state index is 8.91. The molecule has 0 fully saturated rings. The zero-order valence-electron chi connectivity index (χ0n) is 12.2. The van der Waals surface area contributed by atoms with Gasteiger partial charge in [-0.15, -0.1) is 0 Å². The third-order valence-corrected chi connectivity index (χ3v) is 3.50. The number of benzene rings is 3. The van der Waals surface area contributed by atoms with Crippen molar-refractivity contribution in [3.63, 3.8) is 0 Å². The van der Waals surface area contributed by atoms with Gasteiger partial charge in [-0.1, -0.05) is 36.4 Å². The van der Waals surface area contributed by atoms with Crippen LogP contribution in [0.2, 0.25) is 0 Å². The molecule has 0 spiro atoms. The number of hydrogen-bond acceptors (Lipinski definition) is 3. The summed E-state index contributed by atoms with van der Waals surface area (Å²) < 4.78 is 11.1. The normalized spacial score (nSPS) is 10.2. The number of ether oxygens (including phenoxy) is 2. The molecule has 0 radical (unpaired) electrons. The van der Waals surface area contributed by atoms with E-state index in [1.807, 2.05) is 12.1 Å². The van der Waals surface area contributed by atoms with Crippen LogP contribution in [0.15, 0.2) is 60.7 Å². The second-order valence-corrected chi connectivity index (χ2v) is 4.95. The molecule has 0 aromatic heterocycles. The monoisotopic (exact) mass is 289 g/mol. The predicted molar refractivity (Wildman–Crippen MR) is 86.0 cm³/mol. The smallest absolute Gasteiger partial charge is 0.162 e. The van der Waals surface area contributed by atoms with E-state index < -0.39 is 0 Å². The van der Waals surface area contributed by atoms with Gasteiger partial charge in [-0.25, -0.2) is 0 Å².